The van der Waals surface area contributed by atoms with Crippen LogP contribution in [-0.2, 0) is 9.53 Å². The molecule has 2 aromatic heterocycles. The number of nitrogens with zero attached hydrogens (tertiary/aromatic N) is 4. The topological polar surface area (TPSA) is 140 Å². The van der Waals surface area contributed by atoms with Gasteiger partial charge < -0.3 is 26.2 Å². The zero-order valence-electron chi connectivity index (χ0n) is 18.2. The molecule has 1 saturated carbocycles. The number of nitrogens with one attached hydrogen (secondary N) is 2. The van der Waals surface area contributed by atoms with Gasteiger partial charge in [-0.05, 0) is 43.9 Å². The molecule has 10 nitrogen and oxygen atoms in total. The van der Waals surface area contributed by atoms with Crippen molar-refractivity contribution in [3.63, 3.8) is 0 Å². The number of nitrogens with two attached hydrogens (primary N) is 1. The fourth-order valence-corrected chi connectivity index (χ4v) is 5.03. The first-order valence-electron chi connectivity index (χ1n) is 11.2. The van der Waals surface area contributed by atoms with E-state index in [0.29, 0.717) is 58.2 Å². The predicted molar refractivity (Wildman–Crippen MR) is 129 cm³/mol. The van der Waals surface area contributed by atoms with Crippen molar-refractivity contribution in [3.05, 3.63) is 34.4 Å². The molecule has 2 fully saturated rings. The third kappa shape index (κ3) is 4.63. The van der Waals surface area contributed by atoms with Crippen molar-refractivity contribution in [1.82, 2.24) is 19.5 Å². The molecular formula is C22H25Cl2N7O3. The molecule has 3 aromatic rings. The van der Waals surface area contributed by atoms with Gasteiger partial charge in [-0.1, -0.05) is 23.2 Å². The van der Waals surface area contributed by atoms with Gasteiger partial charge in [-0.25, -0.2) is 9.97 Å². The van der Waals surface area contributed by atoms with E-state index < -0.39 is 6.10 Å². The molecule has 2 aliphatic rings. The second kappa shape index (κ2) is 9.53. The second-order valence-electron chi connectivity index (χ2n) is 8.72. The quantitative estimate of drug-likeness (QED) is 0.400. The SMILES string of the molecule is NC(=O)C1CCC(n2c(Nc3ccc(Cl)cc3Cl)nc3cnc(N[C@H]4COC[C@H]4O)nc32)CC1. The Balaban J connectivity index is 1.51. The Bertz CT molecular complexity index is 1210. The summed E-state index contributed by atoms with van der Waals surface area (Å²) in [6.07, 6.45) is 3.92. The van der Waals surface area contributed by atoms with Gasteiger partial charge in [-0.2, -0.15) is 4.98 Å². The number of hydrogen-bond acceptors (Lipinski definition) is 8. The highest BCUT2D eigenvalue weighted by molar-refractivity contribution is 6.36. The minimum absolute atomic E-state index is 0.0531. The number of carbonyl (C=O) groups excluding carboxylic acids is 1. The van der Waals surface area contributed by atoms with E-state index >= 15 is 0 Å². The number of aliphatic hydroxyl groups is 1. The van der Waals surface area contributed by atoms with Gasteiger partial charge in [0, 0.05) is 17.0 Å². The summed E-state index contributed by atoms with van der Waals surface area (Å²) in [5, 5.41) is 17.5. The molecule has 1 aromatic carbocycles. The monoisotopic (exact) mass is 505 g/mol. The maximum absolute atomic E-state index is 11.7. The summed E-state index contributed by atoms with van der Waals surface area (Å²) < 4.78 is 7.35. The average molecular weight is 506 g/mol. The Morgan fingerprint density at radius 2 is 1.97 bits per heavy atom. The van der Waals surface area contributed by atoms with Gasteiger partial charge in [0.15, 0.2) is 5.65 Å². The number of aliphatic hydroxyl groups excluding tert-OH is 1. The van der Waals surface area contributed by atoms with E-state index in [9.17, 15) is 9.90 Å². The van der Waals surface area contributed by atoms with Crippen LogP contribution in [0.5, 0.6) is 0 Å². The maximum Gasteiger partial charge on any atom is 0.225 e. The zero-order valence-corrected chi connectivity index (χ0v) is 19.8. The van der Waals surface area contributed by atoms with Crippen molar-refractivity contribution in [1.29, 1.82) is 0 Å². The molecule has 3 heterocycles. The molecule has 1 saturated heterocycles. The van der Waals surface area contributed by atoms with Crippen molar-refractivity contribution in [2.24, 2.45) is 11.7 Å². The molecule has 5 rings (SSSR count). The number of ether oxygens (including phenoxy) is 1. The highest BCUT2D eigenvalue weighted by atomic mass is 35.5. The van der Waals surface area contributed by atoms with Gasteiger partial charge in [0.1, 0.15) is 5.52 Å². The van der Waals surface area contributed by atoms with Crippen molar-refractivity contribution in [2.75, 3.05) is 23.8 Å². The molecule has 1 aliphatic heterocycles. The molecule has 180 valence electrons. The minimum atomic E-state index is -0.627. The first-order valence-corrected chi connectivity index (χ1v) is 11.9. The third-order valence-corrected chi connectivity index (χ3v) is 6.99. The van der Waals surface area contributed by atoms with Crippen LogP contribution in [-0.4, -0.2) is 55.9 Å². The van der Waals surface area contributed by atoms with E-state index in [-0.39, 0.29) is 30.5 Å². The second-order valence-corrected chi connectivity index (χ2v) is 9.56. The van der Waals surface area contributed by atoms with Crippen molar-refractivity contribution >= 4 is 57.9 Å². The van der Waals surface area contributed by atoms with Gasteiger partial charge in [0.25, 0.3) is 0 Å². The van der Waals surface area contributed by atoms with Crippen LogP contribution in [0.25, 0.3) is 11.2 Å². The van der Waals surface area contributed by atoms with E-state index in [1.165, 1.54) is 0 Å². The summed E-state index contributed by atoms with van der Waals surface area (Å²) in [7, 11) is 0. The molecular weight excluding hydrogens is 481 g/mol. The number of carbonyl (C=O) groups is 1. The Morgan fingerprint density at radius 3 is 2.65 bits per heavy atom. The van der Waals surface area contributed by atoms with Crippen LogP contribution in [0.1, 0.15) is 31.7 Å². The lowest BCUT2D eigenvalue weighted by Gasteiger charge is -2.29. The normalized spacial score (nSPS) is 24.9. The van der Waals surface area contributed by atoms with E-state index in [1.54, 1.807) is 24.4 Å². The van der Waals surface area contributed by atoms with Gasteiger partial charge in [-0.3, -0.25) is 9.36 Å². The van der Waals surface area contributed by atoms with Crippen molar-refractivity contribution in [3.8, 4) is 0 Å². The summed E-state index contributed by atoms with van der Waals surface area (Å²) in [6, 6.07) is 4.96. The first kappa shape index (κ1) is 23.1. The van der Waals surface area contributed by atoms with Crippen LogP contribution in [0.2, 0.25) is 10.0 Å². The van der Waals surface area contributed by atoms with Crippen molar-refractivity contribution < 1.29 is 14.6 Å². The highest BCUT2D eigenvalue weighted by Gasteiger charge is 2.30. The largest absolute Gasteiger partial charge is 0.388 e. The maximum atomic E-state index is 11.7. The summed E-state index contributed by atoms with van der Waals surface area (Å²) in [4.78, 5) is 25.5. The molecule has 2 atom stereocenters. The van der Waals surface area contributed by atoms with Crippen LogP contribution in [0.3, 0.4) is 0 Å². The molecule has 0 unspecified atom stereocenters. The van der Waals surface area contributed by atoms with E-state index in [0.717, 1.165) is 12.8 Å². The Morgan fingerprint density at radius 1 is 1.18 bits per heavy atom. The van der Waals surface area contributed by atoms with Gasteiger partial charge in [0.05, 0.1) is 42.3 Å². The first-order chi connectivity index (χ1) is 16.4. The summed E-state index contributed by atoms with van der Waals surface area (Å²) in [5.74, 6) is 0.567. The summed E-state index contributed by atoms with van der Waals surface area (Å²) >= 11 is 12.4. The van der Waals surface area contributed by atoms with Crippen LogP contribution in [0, 0.1) is 5.92 Å². The Hall–Kier alpha value is -2.66. The number of primary amides is 1. The zero-order chi connectivity index (χ0) is 23.8. The summed E-state index contributed by atoms with van der Waals surface area (Å²) in [5.41, 5.74) is 7.44. The fraction of sp³-hybridized carbons (Fsp3) is 0.455. The Labute approximate surface area is 205 Å². The summed E-state index contributed by atoms with van der Waals surface area (Å²) in [6.45, 7) is 0.650. The van der Waals surface area contributed by atoms with Gasteiger partial charge in [-0.15, -0.1) is 0 Å². The molecule has 5 N–H and O–H groups in total. The molecule has 0 radical (unpaired) electrons. The van der Waals surface area contributed by atoms with Crippen LogP contribution in [0.4, 0.5) is 17.6 Å². The predicted octanol–water partition coefficient (Wildman–Crippen LogP) is 3.26. The minimum Gasteiger partial charge on any atom is -0.388 e. The number of benzene rings is 1. The van der Waals surface area contributed by atoms with Gasteiger partial charge >= 0.3 is 0 Å². The van der Waals surface area contributed by atoms with Crippen LogP contribution in [0.15, 0.2) is 24.4 Å². The molecule has 0 bridgehead atoms. The molecule has 1 aliphatic carbocycles. The van der Waals surface area contributed by atoms with E-state index in [1.807, 2.05) is 4.57 Å². The smallest absolute Gasteiger partial charge is 0.225 e. The Kier molecular flexibility index (Phi) is 6.48. The van der Waals surface area contributed by atoms with Crippen LogP contribution < -0.4 is 16.4 Å². The average Bonchev–Trinajstić information content (AvgIpc) is 3.38. The molecule has 1 amide bonds. The highest BCUT2D eigenvalue weighted by Crippen LogP contribution is 2.38. The number of imidazole rings is 1. The van der Waals surface area contributed by atoms with E-state index in [4.69, 9.17) is 43.6 Å². The lowest BCUT2D eigenvalue weighted by atomic mass is 9.85. The third-order valence-electron chi connectivity index (χ3n) is 6.44. The van der Waals surface area contributed by atoms with Crippen LogP contribution >= 0.6 is 23.2 Å². The number of halogens is 2. The molecule has 34 heavy (non-hydrogen) atoms. The molecule has 12 heteroatoms. The number of fused-ring (bicyclic) bond motifs is 1. The number of hydrogen-bond donors (Lipinski definition) is 4. The lowest BCUT2D eigenvalue weighted by Crippen LogP contribution is -2.32. The number of aromatic nitrogens is 4. The number of rotatable bonds is 6. The van der Waals surface area contributed by atoms with Crippen molar-refractivity contribution in [2.45, 2.75) is 43.9 Å². The number of anilines is 3. The van der Waals surface area contributed by atoms with Gasteiger partial charge in [0.2, 0.25) is 17.8 Å². The number of amides is 1. The van der Waals surface area contributed by atoms with E-state index in [2.05, 4.69) is 15.6 Å². The standard InChI is InChI=1S/C22H25Cl2N7O3/c23-12-3-6-15(14(24)7-12)28-22-29-16-8-26-21(27-17-9-34-10-18(17)32)30-20(16)31(22)13-4-1-11(2-5-13)19(25)33/h3,6-8,11,13,17-18,32H,1-2,4-5,9-10H2,(H2,25,33)(H,28,29)(H,26,27,30)/t11?,13?,17-,18+/m0/s1. The fourth-order valence-electron chi connectivity index (χ4n) is 4.57. The molecule has 0 spiro atoms. The lowest BCUT2D eigenvalue weighted by molar-refractivity contribution is -0.122.